The first kappa shape index (κ1) is 10.0. The van der Waals surface area contributed by atoms with E-state index in [0.29, 0.717) is 5.88 Å². The minimum atomic E-state index is 0.259. The number of hydrogen-bond acceptors (Lipinski definition) is 2. The van der Waals surface area contributed by atoms with E-state index in [-0.39, 0.29) is 6.10 Å². The van der Waals surface area contributed by atoms with Crippen LogP contribution in [-0.2, 0) is 0 Å². The Bertz CT molecular complexity index is 223. The molecule has 0 saturated carbocycles. The summed E-state index contributed by atoms with van der Waals surface area (Å²) in [6.07, 6.45) is 5.40. The molecule has 1 unspecified atom stereocenters. The van der Waals surface area contributed by atoms with Crippen LogP contribution in [0.1, 0.15) is 33.1 Å². The van der Waals surface area contributed by atoms with E-state index in [1.165, 1.54) is 12.8 Å². The molecule has 1 radical (unpaired) electrons. The van der Waals surface area contributed by atoms with Gasteiger partial charge in [0.2, 0.25) is 5.88 Å². The number of ether oxygens (including phenoxy) is 1. The lowest BCUT2D eigenvalue weighted by Gasteiger charge is -2.12. The average molecular weight is 178 g/mol. The molecule has 2 heteroatoms. The minimum absolute atomic E-state index is 0.259. The predicted octanol–water partition coefficient (Wildman–Crippen LogP) is 2.84. The molecule has 71 valence electrons. The molecule has 0 aromatic carbocycles. The van der Waals surface area contributed by atoms with Crippen LogP contribution in [0.2, 0.25) is 0 Å². The summed E-state index contributed by atoms with van der Waals surface area (Å²) in [5, 5.41) is 0. The van der Waals surface area contributed by atoms with E-state index in [0.717, 1.165) is 6.42 Å². The van der Waals surface area contributed by atoms with Gasteiger partial charge in [-0.3, -0.25) is 0 Å². The molecule has 0 bridgehead atoms. The summed E-state index contributed by atoms with van der Waals surface area (Å²) < 4.78 is 5.59. The number of aromatic nitrogens is 1. The zero-order valence-electron chi connectivity index (χ0n) is 8.29. The first-order valence-corrected chi connectivity index (χ1v) is 4.81. The van der Waals surface area contributed by atoms with Crippen molar-refractivity contribution in [3.63, 3.8) is 0 Å². The Hall–Kier alpha value is -1.05. The number of rotatable bonds is 5. The van der Waals surface area contributed by atoms with Crippen LogP contribution >= 0.6 is 0 Å². The molecular weight excluding hydrogens is 162 g/mol. The van der Waals surface area contributed by atoms with E-state index in [4.69, 9.17) is 4.74 Å². The van der Waals surface area contributed by atoms with Crippen molar-refractivity contribution in [1.29, 1.82) is 0 Å². The summed E-state index contributed by atoms with van der Waals surface area (Å²) in [5.41, 5.74) is 0. The largest absolute Gasteiger partial charge is 0.475 e. The number of unbranched alkanes of at least 4 members (excludes halogenated alkanes) is 1. The molecule has 0 amide bonds. The van der Waals surface area contributed by atoms with E-state index in [2.05, 4.69) is 24.9 Å². The van der Waals surface area contributed by atoms with Gasteiger partial charge in [0, 0.05) is 18.3 Å². The molecule has 1 heterocycles. The van der Waals surface area contributed by atoms with Crippen molar-refractivity contribution in [2.45, 2.75) is 39.2 Å². The lowest BCUT2D eigenvalue weighted by atomic mass is 10.2. The van der Waals surface area contributed by atoms with Gasteiger partial charge < -0.3 is 4.74 Å². The van der Waals surface area contributed by atoms with Gasteiger partial charge >= 0.3 is 0 Å². The van der Waals surface area contributed by atoms with Crippen molar-refractivity contribution in [2.24, 2.45) is 0 Å². The summed E-state index contributed by atoms with van der Waals surface area (Å²) in [4.78, 5) is 4.05. The van der Waals surface area contributed by atoms with Crippen molar-refractivity contribution >= 4 is 0 Å². The summed E-state index contributed by atoms with van der Waals surface area (Å²) in [7, 11) is 0. The number of pyridine rings is 1. The fourth-order valence-electron chi connectivity index (χ4n) is 1.13. The second-order valence-corrected chi connectivity index (χ2v) is 3.17. The molecule has 0 aliphatic heterocycles. The van der Waals surface area contributed by atoms with E-state index in [9.17, 15) is 0 Å². The molecule has 1 aromatic heterocycles. The molecule has 1 rings (SSSR count). The highest BCUT2D eigenvalue weighted by molar-refractivity contribution is 5.08. The number of nitrogens with zero attached hydrogens (tertiary/aromatic N) is 1. The molecule has 1 atom stereocenters. The van der Waals surface area contributed by atoms with Gasteiger partial charge in [0.15, 0.2) is 0 Å². The van der Waals surface area contributed by atoms with Crippen LogP contribution in [0, 0.1) is 6.07 Å². The molecule has 1 aromatic rings. The van der Waals surface area contributed by atoms with Crippen LogP contribution in [0.15, 0.2) is 18.3 Å². The van der Waals surface area contributed by atoms with Crippen molar-refractivity contribution in [3.8, 4) is 5.88 Å². The third-order valence-corrected chi connectivity index (χ3v) is 1.87. The van der Waals surface area contributed by atoms with E-state index in [1.54, 1.807) is 6.20 Å². The van der Waals surface area contributed by atoms with Gasteiger partial charge in [-0.2, -0.15) is 0 Å². The summed E-state index contributed by atoms with van der Waals surface area (Å²) in [6.45, 7) is 4.26. The molecular formula is C11H16NO. The van der Waals surface area contributed by atoms with Crippen LogP contribution in [0.4, 0.5) is 0 Å². The predicted molar refractivity (Wildman–Crippen MR) is 52.7 cm³/mol. The quantitative estimate of drug-likeness (QED) is 0.691. The Morgan fingerprint density at radius 2 is 2.46 bits per heavy atom. The van der Waals surface area contributed by atoms with E-state index >= 15 is 0 Å². The van der Waals surface area contributed by atoms with Crippen LogP contribution in [0.25, 0.3) is 0 Å². The molecule has 0 fully saturated rings. The summed E-state index contributed by atoms with van der Waals surface area (Å²) >= 11 is 0. The fraction of sp³-hybridized carbons (Fsp3) is 0.545. The summed E-state index contributed by atoms with van der Waals surface area (Å²) in [5.74, 6) is 0.697. The third-order valence-electron chi connectivity index (χ3n) is 1.87. The lowest BCUT2D eigenvalue weighted by molar-refractivity contribution is 0.199. The SMILES string of the molecule is CCCCC(C)Oc1cc[c]cn1. The van der Waals surface area contributed by atoms with Gasteiger partial charge in [-0.1, -0.05) is 19.8 Å². The average Bonchev–Trinajstić information content (AvgIpc) is 2.16. The first-order chi connectivity index (χ1) is 6.33. The maximum atomic E-state index is 5.59. The molecule has 0 saturated heterocycles. The Kier molecular flexibility index (Phi) is 4.30. The molecule has 0 spiro atoms. The maximum Gasteiger partial charge on any atom is 0.213 e. The highest BCUT2D eigenvalue weighted by Gasteiger charge is 2.02. The Balaban J connectivity index is 2.32. The monoisotopic (exact) mass is 178 g/mol. The van der Waals surface area contributed by atoms with Crippen molar-refractivity contribution in [3.05, 3.63) is 24.4 Å². The van der Waals surface area contributed by atoms with E-state index in [1.807, 2.05) is 12.1 Å². The van der Waals surface area contributed by atoms with Crippen molar-refractivity contribution in [1.82, 2.24) is 4.98 Å². The van der Waals surface area contributed by atoms with Crippen LogP contribution in [-0.4, -0.2) is 11.1 Å². The smallest absolute Gasteiger partial charge is 0.213 e. The van der Waals surface area contributed by atoms with Crippen molar-refractivity contribution in [2.75, 3.05) is 0 Å². The van der Waals surface area contributed by atoms with Crippen LogP contribution in [0.5, 0.6) is 5.88 Å². The van der Waals surface area contributed by atoms with Gasteiger partial charge in [-0.15, -0.1) is 0 Å². The zero-order valence-corrected chi connectivity index (χ0v) is 8.29. The standard InChI is InChI=1S/C11H16NO/c1-3-4-7-10(2)13-11-8-5-6-9-12-11/h5,8-10H,3-4,7H2,1-2H3. The van der Waals surface area contributed by atoms with Crippen LogP contribution in [0.3, 0.4) is 0 Å². The van der Waals surface area contributed by atoms with Gasteiger partial charge in [0.25, 0.3) is 0 Å². The fourth-order valence-corrected chi connectivity index (χ4v) is 1.13. The highest BCUT2D eigenvalue weighted by Crippen LogP contribution is 2.10. The Labute approximate surface area is 80.0 Å². The maximum absolute atomic E-state index is 5.59. The van der Waals surface area contributed by atoms with Gasteiger partial charge in [-0.05, 0) is 19.4 Å². The zero-order chi connectivity index (χ0) is 9.52. The lowest BCUT2D eigenvalue weighted by Crippen LogP contribution is -2.11. The van der Waals surface area contributed by atoms with Gasteiger partial charge in [-0.25, -0.2) is 4.98 Å². The topological polar surface area (TPSA) is 22.1 Å². The molecule has 2 nitrogen and oxygen atoms in total. The second-order valence-electron chi connectivity index (χ2n) is 3.17. The normalized spacial score (nSPS) is 12.5. The second kappa shape index (κ2) is 5.57. The minimum Gasteiger partial charge on any atom is -0.475 e. The summed E-state index contributed by atoms with van der Waals surface area (Å²) in [6, 6.07) is 6.51. The Morgan fingerprint density at radius 3 is 3.08 bits per heavy atom. The molecule has 13 heavy (non-hydrogen) atoms. The molecule has 0 N–H and O–H groups in total. The third kappa shape index (κ3) is 3.92. The molecule has 0 aliphatic carbocycles. The molecule has 0 aliphatic rings. The van der Waals surface area contributed by atoms with Crippen molar-refractivity contribution < 1.29 is 4.74 Å². The van der Waals surface area contributed by atoms with Crippen LogP contribution < -0.4 is 4.74 Å². The van der Waals surface area contributed by atoms with Gasteiger partial charge in [0.1, 0.15) is 0 Å². The van der Waals surface area contributed by atoms with Gasteiger partial charge in [0.05, 0.1) is 6.10 Å². The Morgan fingerprint density at radius 1 is 1.62 bits per heavy atom. The van der Waals surface area contributed by atoms with E-state index < -0.39 is 0 Å². The number of hydrogen-bond donors (Lipinski definition) is 0. The first-order valence-electron chi connectivity index (χ1n) is 4.81. The highest BCUT2D eigenvalue weighted by atomic mass is 16.5.